The molecule has 0 amide bonds. The topological polar surface area (TPSA) is 18.5 Å². The molecule has 0 aromatic rings. The van der Waals surface area contributed by atoms with E-state index in [9.17, 15) is 0 Å². The second-order valence-corrected chi connectivity index (χ2v) is 7.02. The normalized spacial score (nSPS) is 34.8. The third kappa shape index (κ3) is 2.53. The molecule has 0 bridgehead atoms. The molecule has 0 spiro atoms. The molecule has 18 heavy (non-hydrogen) atoms. The van der Waals surface area contributed by atoms with Gasteiger partial charge in [-0.15, -0.1) is 0 Å². The maximum Gasteiger partial charge on any atom is 0.487 e. The zero-order valence-corrected chi connectivity index (χ0v) is 12.7. The summed E-state index contributed by atoms with van der Waals surface area (Å²) in [5.41, 5.74) is 1.07. The van der Waals surface area contributed by atoms with Crippen LogP contribution in [0.1, 0.15) is 60.8 Å². The van der Waals surface area contributed by atoms with Crippen LogP contribution in [0.5, 0.6) is 0 Å². The van der Waals surface area contributed by atoms with Gasteiger partial charge in [-0.1, -0.05) is 31.8 Å². The first-order valence-corrected chi connectivity index (χ1v) is 7.30. The van der Waals surface area contributed by atoms with Crippen LogP contribution in [0.2, 0.25) is 0 Å². The predicted octanol–water partition coefficient (Wildman–Crippen LogP) is 4.00. The van der Waals surface area contributed by atoms with Crippen molar-refractivity contribution in [3.05, 3.63) is 11.5 Å². The van der Waals surface area contributed by atoms with Crippen LogP contribution in [0, 0.1) is 11.8 Å². The van der Waals surface area contributed by atoms with Crippen LogP contribution >= 0.6 is 0 Å². The van der Waals surface area contributed by atoms with Crippen molar-refractivity contribution in [3.63, 3.8) is 0 Å². The van der Waals surface area contributed by atoms with Crippen LogP contribution in [0.4, 0.5) is 0 Å². The Hall–Kier alpha value is -0.275. The van der Waals surface area contributed by atoms with Crippen molar-refractivity contribution < 1.29 is 9.31 Å². The lowest BCUT2D eigenvalue weighted by Gasteiger charge is -2.32. The molecule has 1 saturated heterocycles. The summed E-state index contributed by atoms with van der Waals surface area (Å²) in [5, 5.41) is 0. The van der Waals surface area contributed by atoms with E-state index in [0.717, 1.165) is 0 Å². The van der Waals surface area contributed by atoms with Crippen molar-refractivity contribution in [3.8, 4) is 0 Å². The van der Waals surface area contributed by atoms with Gasteiger partial charge in [0.2, 0.25) is 0 Å². The van der Waals surface area contributed by atoms with Gasteiger partial charge in [0.05, 0.1) is 11.2 Å². The van der Waals surface area contributed by atoms with Crippen molar-refractivity contribution >= 4 is 7.12 Å². The maximum atomic E-state index is 6.06. The molecule has 0 radical (unpaired) electrons. The van der Waals surface area contributed by atoms with Crippen molar-refractivity contribution in [2.75, 3.05) is 0 Å². The van der Waals surface area contributed by atoms with Gasteiger partial charge in [-0.25, -0.2) is 0 Å². The third-order valence-corrected chi connectivity index (χ3v) is 5.01. The quantitative estimate of drug-likeness (QED) is 0.655. The number of hydrogen-bond acceptors (Lipinski definition) is 2. The molecule has 3 heteroatoms. The minimum Gasteiger partial charge on any atom is -0.400 e. The highest BCUT2D eigenvalue weighted by atomic mass is 16.7. The van der Waals surface area contributed by atoms with E-state index >= 15 is 0 Å². The maximum absolute atomic E-state index is 6.06. The molecule has 1 heterocycles. The average molecular weight is 250 g/mol. The van der Waals surface area contributed by atoms with Crippen LogP contribution in [0.3, 0.4) is 0 Å². The van der Waals surface area contributed by atoms with Gasteiger partial charge in [0.1, 0.15) is 0 Å². The van der Waals surface area contributed by atoms with Gasteiger partial charge >= 0.3 is 7.12 Å². The van der Waals surface area contributed by atoms with E-state index in [4.69, 9.17) is 9.31 Å². The highest BCUT2D eigenvalue weighted by Crippen LogP contribution is 2.39. The second kappa shape index (κ2) is 4.68. The summed E-state index contributed by atoms with van der Waals surface area (Å²) >= 11 is 0. The summed E-state index contributed by atoms with van der Waals surface area (Å²) in [5.74, 6) is 3.59. The second-order valence-electron chi connectivity index (χ2n) is 7.02. The molecule has 2 unspecified atom stereocenters. The lowest BCUT2D eigenvalue weighted by molar-refractivity contribution is 0.00578. The van der Waals surface area contributed by atoms with Crippen molar-refractivity contribution in [2.24, 2.45) is 11.8 Å². The summed E-state index contributed by atoms with van der Waals surface area (Å²) < 4.78 is 12.1. The standard InChI is InChI=1S/C15H27BO2/c1-11-8-7-9-12(2)13(11)10-16-17-14(3,4)15(5,6)18-16/h10-12H,7-9H2,1-6H3. The van der Waals surface area contributed by atoms with E-state index in [1.54, 1.807) is 0 Å². The first kappa shape index (κ1) is 14.1. The SMILES string of the molecule is CC1CCCC(C)C1=CB1OC(C)(C)C(C)(C)O1. The minimum absolute atomic E-state index is 0.173. The molecule has 0 aromatic heterocycles. The van der Waals surface area contributed by atoms with Crippen LogP contribution < -0.4 is 0 Å². The summed E-state index contributed by atoms with van der Waals surface area (Å²) in [6.45, 7) is 13.1. The van der Waals surface area contributed by atoms with Crippen molar-refractivity contribution in [2.45, 2.75) is 72.0 Å². The predicted molar refractivity (Wildman–Crippen MR) is 76.3 cm³/mol. The number of allylic oxidation sites excluding steroid dienone is 1. The minimum atomic E-state index is -0.226. The molecule has 2 rings (SSSR count). The van der Waals surface area contributed by atoms with E-state index in [1.807, 2.05) is 0 Å². The molecule has 1 saturated carbocycles. The molecule has 2 aliphatic rings. The fraction of sp³-hybridized carbons (Fsp3) is 0.867. The Morgan fingerprint density at radius 3 is 1.89 bits per heavy atom. The zero-order chi connectivity index (χ0) is 13.6. The lowest BCUT2D eigenvalue weighted by Crippen LogP contribution is -2.41. The van der Waals surface area contributed by atoms with Gasteiger partial charge in [-0.05, 0) is 52.4 Å². The Morgan fingerprint density at radius 1 is 1.00 bits per heavy atom. The van der Waals surface area contributed by atoms with Gasteiger partial charge in [0.15, 0.2) is 0 Å². The van der Waals surface area contributed by atoms with Gasteiger partial charge in [-0.2, -0.15) is 0 Å². The molecule has 1 aliphatic carbocycles. The van der Waals surface area contributed by atoms with Crippen LogP contribution in [-0.2, 0) is 9.31 Å². The number of rotatable bonds is 1. The van der Waals surface area contributed by atoms with Gasteiger partial charge in [-0.3, -0.25) is 0 Å². The van der Waals surface area contributed by atoms with E-state index < -0.39 is 0 Å². The molecule has 2 nitrogen and oxygen atoms in total. The third-order valence-electron chi connectivity index (χ3n) is 5.01. The first-order valence-electron chi connectivity index (χ1n) is 7.30. The molecule has 1 aliphatic heterocycles. The smallest absolute Gasteiger partial charge is 0.400 e. The van der Waals surface area contributed by atoms with Crippen molar-refractivity contribution in [1.29, 1.82) is 0 Å². The average Bonchev–Trinajstić information content (AvgIpc) is 2.42. The molecule has 0 aromatic carbocycles. The molecule has 102 valence electrons. The zero-order valence-electron chi connectivity index (χ0n) is 12.7. The molecule has 2 fully saturated rings. The molecule has 0 N–H and O–H groups in total. The van der Waals surface area contributed by atoms with Crippen LogP contribution in [0.15, 0.2) is 11.5 Å². The van der Waals surface area contributed by atoms with Gasteiger partial charge in [0, 0.05) is 0 Å². The fourth-order valence-electron chi connectivity index (χ4n) is 2.99. The summed E-state index contributed by atoms with van der Waals surface area (Å²) in [6.07, 6.45) is 3.95. The Balaban J connectivity index is 2.15. The summed E-state index contributed by atoms with van der Waals surface area (Å²) in [6, 6.07) is 0. The highest BCUT2D eigenvalue weighted by molar-refractivity contribution is 6.51. The summed E-state index contributed by atoms with van der Waals surface area (Å²) in [7, 11) is -0.173. The van der Waals surface area contributed by atoms with E-state index in [2.05, 4.69) is 47.5 Å². The van der Waals surface area contributed by atoms with E-state index in [1.165, 1.54) is 24.8 Å². The highest BCUT2D eigenvalue weighted by Gasteiger charge is 2.50. The molecule has 2 atom stereocenters. The Bertz CT molecular complexity index is 318. The fourth-order valence-corrected chi connectivity index (χ4v) is 2.99. The lowest BCUT2D eigenvalue weighted by atomic mass is 9.73. The Kier molecular flexibility index (Phi) is 3.68. The van der Waals surface area contributed by atoms with Gasteiger partial charge in [0.25, 0.3) is 0 Å². The summed E-state index contributed by atoms with van der Waals surface area (Å²) in [4.78, 5) is 0. The van der Waals surface area contributed by atoms with Gasteiger partial charge < -0.3 is 9.31 Å². The molecular weight excluding hydrogens is 223 g/mol. The monoisotopic (exact) mass is 250 g/mol. The van der Waals surface area contributed by atoms with Crippen molar-refractivity contribution in [1.82, 2.24) is 0 Å². The number of hydrogen-bond donors (Lipinski definition) is 0. The Morgan fingerprint density at radius 2 is 1.44 bits per heavy atom. The van der Waals surface area contributed by atoms with E-state index in [0.29, 0.717) is 11.8 Å². The largest absolute Gasteiger partial charge is 0.487 e. The Labute approximate surface area is 112 Å². The van der Waals surface area contributed by atoms with E-state index in [-0.39, 0.29) is 18.3 Å². The molecular formula is C15H27BO2. The van der Waals surface area contributed by atoms with Crippen LogP contribution in [0.25, 0.3) is 0 Å². The first-order chi connectivity index (χ1) is 8.23. The van der Waals surface area contributed by atoms with Crippen LogP contribution in [-0.4, -0.2) is 18.3 Å².